The van der Waals surface area contributed by atoms with Crippen LogP contribution in [0.2, 0.25) is 0 Å². The second kappa shape index (κ2) is 8.46. The Kier molecular flexibility index (Phi) is 5.85. The van der Waals surface area contributed by atoms with Gasteiger partial charge in [0, 0.05) is 43.3 Å². The molecule has 0 fully saturated rings. The first-order valence-electron chi connectivity index (χ1n) is 10.4. The molecule has 1 aliphatic heterocycles. The van der Waals surface area contributed by atoms with Crippen LogP contribution in [0.25, 0.3) is 22.3 Å². The van der Waals surface area contributed by atoms with Gasteiger partial charge >= 0.3 is 0 Å². The smallest absolute Gasteiger partial charge is 0.282 e. The minimum absolute atomic E-state index is 0.0509. The molecule has 0 saturated heterocycles. The fraction of sp³-hybridized carbons (Fsp3) is 0.375. The molecule has 0 saturated carbocycles. The molecule has 1 aromatic carbocycles. The van der Waals surface area contributed by atoms with Gasteiger partial charge in [-0.05, 0) is 24.6 Å². The zero-order valence-electron chi connectivity index (χ0n) is 19.0. The van der Waals surface area contributed by atoms with Crippen molar-refractivity contribution in [3.63, 3.8) is 0 Å². The molecule has 1 atom stereocenters. The number of fused-ring (bicyclic) bond motifs is 4. The molecule has 8 heteroatoms. The molecule has 4 rings (SSSR count). The maximum atomic E-state index is 13.6. The molecular formula is C24H27N3O5. The van der Waals surface area contributed by atoms with Gasteiger partial charge in [-0.3, -0.25) is 14.4 Å². The Bertz CT molecular complexity index is 1250. The molecule has 0 N–H and O–H groups in total. The molecule has 3 aromatic rings. The number of carbonyl (C=O) groups excluding carboxylic acids is 1. The number of ether oxygens (including phenoxy) is 2. The zero-order valence-corrected chi connectivity index (χ0v) is 19.0. The standard InChI is InChI=1S/C24H27N3O5/c1-6-24(31-4,23(29)26(2)32-5)18-12-20-21-16(11-15-9-7-8-10-19(15)25-21)13-27(20)22(28)17(18)14-30-3/h7-12H,6,13-14H2,1-5H3. The Balaban J connectivity index is 2.01. The molecule has 0 radical (unpaired) electrons. The van der Waals surface area contributed by atoms with Crippen LogP contribution in [0.4, 0.5) is 0 Å². The summed E-state index contributed by atoms with van der Waals surface area (Å²) in [5, 5.41) is 2.13. The third-order valence-corrected chi connectivity index (χ3v) is 6.25. The fourth-order valence-electron chi connectivity index (χ4n) is 4.49. The van der Waals surface area contributed by atoms with E-state index in [0.717, 1.165) is 27.2 Å². The van der Waals surface area contributed by atoms with E-state index < -0.39 is 11.5 Å². The van der Waals surface area contributed by atoms with E-state index in [1.807, 2.05) is 37.3 Å². The highest BCUT2D eigenvalue weighted by atomic mass is 16.7. The number of aromatic nitrogens is 2. The highest BCUT2D eigenvalue weighted by Crippen LogP contribution is 2.38. The summed E-state index contributed by atoms with van der Waals surface area (Å²) in [5.41, 5.74) is 2.43. The molecule has 0 spiro atoms. The van der Waals surface area contributed by atoms with Crippen LogP contribution in [-0.2, 0) is 37.9 Å². The number of para-hydroxylation sites is 1. The normalized spacial score (nSPS) is 14.2. The molecule has 1 unspecified atom stereocenters. The van der Waals surface area contributed by atoms with Crippen molar-refractivity contribution in [1.29, 1.82) is 0 Å². The van der Waals surface area contributed by atoms with E-state index >= 15 is 0 Å². The van der Waals surface area contributed by atoms with E-state index in [9.17, 15) is 9.59 Å². The van der Waals surface area contributed by atoms with Gasteiger partial charge in [-0.1, -0.05) is 25.1 Å². The zero-order chi connectivity index (χ0) is 23.0. The first kappa shape index (κ1) is 22.1. The minimum Gasteiger partial charge on any atom is -0.380 e. The van der Waals surface area contributed by atoms with Crippen molar-refractivity contribution in [2.75, 3.05) is 28.4 Å². The van der Waals surface area contributed by atoms with Gasteiger partial charge in [0.25, 0.3) is 11.5 Å². The van der Waals surface area contributed by atoms with Gasteiger partial charge in [0.15, 0.2) is 5.60 Å². The van der Waals surface area contributed by atoms with Gasteiger partial charge < -0.3 is 14.0 Å². The van der Waals surface area contributed by atoms with E-state index in [1.165, 1.54) is 28.4 Å². The number of hydroxylamine groups is 2. The second-order valence-corrected chi connectivity index (χ2v) is 7.80. The molecular weight excluding hydrogens is 410 g/mol. The first-order valence-corrected chi connectivity index (χ1v) is 10.4. The van der Waals surface area contributed by atoms with Crippen molar-refractivity contribution >= 4 is 16.8 Å². The number of hydrogen-bond acceptors (Lipinski definition) is 6. The molecule has 3 heterocycles. The number of likely N-dealkylation sites (N-methyl/N-ethyl adjacent to an activating group) is 1. The Morgan fingerprint density at radius 1 is 1.22 bits per heavy atom. The van der Waals surface area contributed by atoms with Gasteiger partial charge in [0.2, 0.25) is 0 Å². The topological polar surface area (TPSA) is 82.9 Å². The Labute approximate surface area is 186 Å². The van der Waals surface area contributed by atoms with E-state index in [0.29, 0.717) is 29.8 Å². The third-order valence-electron chi connectivity index (χ3n) is 6.25. The van der Waals surface area contributed by atoms with Gasteiger partial charge in [-0.15, -0.1) is 0 Å². The highest BCUT2D eigenvalue weighted by Gasteiger charge is 2.44. The molecule has 0 aliphatic carbocycles. The molecule has 32 heavy (non-hydrogen) atoms. The minimum atomic E-state index is -1.41. The van der Waals surface area contributed by atoms with Crippen LogP contribution in [-0.4, -0.2) is 48.9 Å². The van der Waals surface area contributed by atoms with Crippen molar-refractivity contribution in [2.24, 2.45) is 0 Å². The summed E-state index contributed by atoms with van der Waals surface area (Å²) in [6.45, 7) is 2.30. The number of carbonyl (C=O) groups is 1. The van der Waals surface area contributed by atoms with Crippen molar-refractivity contribution in [1.82, 2.24) is 14.6 Å². The maximum absolute atomic E-state index is 13.6. The lowest BCUT2D eigenvalue weighted by molar-refractivity contribution is -0.193. The number of pyridine rings is 2. The monoisotopic (exact) mass is 437 g/mol. The van der Waals surface area contributed by atoms with Crippen LogP contribution in [0.15, 0.2) is 41.2 Å². The van der Waals surface area contributed by atoms with Crippen molar-refractivity contribution in [2.45, 2.75) is 32.1 Å². The van der Waals surface area contributed by atoms with Crippen LogP contribution in [0.5, 0.6) is 0 Å². The number of amides is 1. The van der Waals surface area contributed by atoms with E-state index in [1.54, 1.807) is 4.57 Å². The predicted octanol–water partition coefficient (Wildman–Crippen LogP) is 2.84. The Morgan fingerprint density at radius 2 is 1.97 bits per heavy atom. The fourth-order valence-corrected chi connectivity index (χ4v) is 4.49. The Hall–Kier alpha value is -3.07. The highest BCUT2D eigenvalue weighted by molar-refractivity contribution is 5.87. The Morgan fingerprint density at radius 3 is 2.62 bits per heavy atom. The number of hydrogen-bond donors (Lipinski definition) is 0. The van der Waals surface area contributed by atoms with Crippen LogP contribution >= 0.6 is 0 Å². The van der Waals surface area contributed by atoms with Crippen LogP contribution < -0.4 is 5.56 Å². The van der Waals surface area contributed by atoms with Crippen molar-refractivity contribution in [3.05, 3.63) is 63.4 Å². The van der Waals surface area contributed by atoms with Gasteiger partial charge in [0.05, 0.1) is 37.2 Å². The summed E-state index contributed by atoms with van der Waals surface area (Å²) < 4.78 is 12.9. The number of rotatable bonds is 7. The number of nitrogens with zero attached hydrogens (tertiary/aromatic N) is 3. The lowest BCUT2D eigenvalue weighted by Gasteiger charge is -2.34. The summed E-state index contributed by atoms with van der Waals surface area (Å²) >= 11 is 0. The largest absolute Gasteiger partial charge is 0.380 e. The van der Waals surface area contributed by atoms with Gasteiger partial charge in [0.1, 0.15) is 0 Å². The molecule has 1 amide bonds. The first-order chi connectivity index (χ1) is 15.4. The van der Waals surface area contributed by atoms with Crippen LogP contribution in [0, 0.1) is 0 Å². The maximum Gasteiger partial charge on any atom is 0.282 e. The summed E-state index contributed by atoms with van der Waals surface area (Å²) in [7, 11) is 5.91. The summed E-state index contributed by atoms with van der Waals surface area (Å²) in [4.78, 5) is 37.0. The molecule has 0 bridgehead atoms. The van der Waals surface area contributed by atoms with Crippen molar-refractivity contribution in [3.8, 4) is 11.4 Å². The summed E-state index contributed by atoms with van der Waals surface area (Å²) in [6.07, 6.45) is 0.299. The van der Waals surface area contributed by atoms with Gasteiger partial charge in [-0.25, -0.2) is 10.0 Å². The third kappa shape index (κ3) is 3.23. The average molecular weight is 437 g/mol. The molecule has 168 valence electrons. The van der Waals surface area contributed by atoms with Crippen molar-refractivity contribution < 1.29 is 19.1 Å². The molecule has 1 aliphatic rings. The lowest BCUT2D eigenvalue weighted by Crippen LogP contribution is -2.47. The number of benzene rings is 1. The SMILES string of the molecule is CCC(OC)(C(=O)N(C)OC)c1cc2n(c(=O)c1COC)Cc1cc3ccccc3nc1-2. The van der Waals surface area contributed by atoms with Gasteiger partial charge in [-0.2, -0.15) is 0 Å². The number of methoxy groups -OCH3 is 2. The summed E-state index contributed by atoms with van der Waals surface area (Å²) in [6, 6.07) is 11.8. The lowest BCUT2D eigenvalue weighted by atomic mass is 9.86. The summed E-state index contributed by atoms with van der Waals surface area (Å²) in [5.74, 6) is -0.406. The van der Waals surface area contributed by atoms with Crippen LogP contribution in [0.3, 0.4) is 0 Å². The quantitative estimate of drug-likeness (QED) is 0.414. The van der Waals surface area contributed by atoms with E-state index in [2.05, 4.69) is 6.07 Å². The second-order valence-electron chi connectivity index (χ2n) is 7.80. The molecule has 2 aromatic heterocycles. The van der Waals surface area contributed by atoms with Crippen LogP contribution in [0.1, 0.15) is 30.0 Å². The van der Waals surface area contributed by atoms with E-state index in [-0.39, 0.29) is 12.2 Å². The predicted molar refractivity (Wildman–Crippen MR) is 120 cm³/mol. The average Bonchev–Trinajstić information content (AvgIpc) is 3.18. The molecule has 8 nitrogen and oxygen atoms in total. The van der Waals surface area contributed by atoms with E-state index in [4.69, 9.17) is 19.3 Å².